The molecule has 0 bridgehead atoms. The SMILES string of the molecule is Cc1cc(C(C)NC(=O)c2cc(N)cc(F)c2)c(C)o1. The molecule has 20 heavy (non-hydrogen) atoms. The summed E-state index contributed by atoms with van der Waals surface area (Å²) in [6.45, 7) is 5.53. The van der Waals surface area contributed by atoms with E-state index < -0.39 is 5.82 Å². The van der Waals surface area contributed by atoms with E-state index in [1.54, 1.807) is 0 Å². The Balaban J connectivity index is 2.17. The van der Waals surface area contributed by atoms with Crippen LogP contribution in [0.3, 0.4) is 0 Å². The summed E-state index contributed by atoms with van der Waals surface area (Å²) < 4.78 is 18.7. The first-order valence-electron chi connectivity index (χ1n) is 6.30. The first-order valence-corrected chi connectivity index (χ1v) is 6.30. The number of anilines is 1. The summed E-state index contributed by atoms with van der Waals surface area (Å²) in [5.74, 6) is 0.641. The van der Waals surface area contributed by atoms with Gasteiger partial charge in [0.25, 0.3) is 5.91 Å². The molecular formula is C15H17FN2O2. The van der Waals surface area contributed by atoms with Crippen LogP contribution in [0, 0.1) is 19.7 Å². The van der Waals surface area contributed by atoms with Crippen molar-refractivity contribution >= 4 is 11.6 Å². The van der Waals surface area contributed by atoms with Crippen LogP contribution in [0.1, 0.15) is 40.4 Å². The Morgan fingerprint density at radius 3 is 2.55 bits per heavy atom. The third-order valence-corrected chi connectivity index (χ3v) is 3.08. The molecule has 0 aliphatic heterocycles. The van der Waals surface area contributed by atoms with E-state index in [0.717, 1.165) is 23.2 Å². The number of nitrogen functional groups attached to an aromatic ring is 1. The largest absolute Gasteiger partial charge is 0.466 e. The monoisotopic (exact) mass is 276 g/mol. The molecule has 2 rings (SSSR count). The van der Waals surface area contributed by atoms with Crippen LogP contribution >= 0.6 is 0 Å². The maximum Gasteiger partial charge on any atom is 0.251 e. The molecule has 1 unspecified atom stereocenters. The molecule has 1 aromatic carbocycles. The number of carbonyl (C=O) groups excluding carboxylic acids is 1. The molecule has 2 aromatic rings. The van der Waals surface area contributed by atoms with Gasteiger partial charge in [-0.3, -0.25) is 4.79 Å². The van der Waals surface area contributed by atoms with Crippen molar-refractivity contribution in [2.45, 2.75) is 26.8 Å². The van der Waals surface area contributed by atoms with Gasteiger partial charge in [-0.05, 0) is 45.0 Å². The lowest BCUT2D eigenvalue weighted by molar-refractivity contribution is 0.0939. The number of nitrogens with one attached hydrogen (secondary N) is 1. The van der Waals surface area contributed by atoms with Gasteiger partial charge in [0.05, 0.1) is 6.04 Å². The van der Waals surface area contributed by atoms with Gasteiger partial charge in [0.1, 0.15) is 17.3 Å². The minimum atomic E-state index is -0.530. The lowest BCUT2D eigenvalue weighted by Crippen LogP contribution is -2.27. The molecule has 0 saturated heterocycles. The van der Waals surface area contributed by atoms with Gasteiger partial charge in [0, 0.05) is 16.8 Å². The number of carbonyl (C=O) groups is 1. The third kappa shape index (κ3) is 2.99. The fourth-order valence-corrected chi connectivity index (χ4v) is 2.18. The van der Waals surface area contributed by atoms with Crippen LogP contribution in [-0.4, -0.2) is 5.91 Å². The topological polar surface area (TPSA) is 68.3 Å². The van der Waals surface area contributed by atoms with Crippen LogP contribution < -0.4 is 11.1 Å². The summed E-state index contributed by atoms with van der Waals surface area (Å²) in [5, 5.41) is 2.80. The number of halogens is 1. The Labute approximate surface area is 116 Å². The Bertz CT molecular complexity index is 629. The fourth-order valence-electron chi connectivity index (χ4n) is 2.18. The molecule has 106 valence electrons. The minimum absolute atomic E-state index is 0.201. The van der Waals surface area contributed by atoms with Crippen molar-refractivity contribution in [3.63, 3.8) is 0 Å². The molecule has 1 amide bonds. The molecule has 0 fully saturated rings. The number of nitrogens with two attached hydrogens (primary N) is 1. The van der Waals surface area contributed by atoms with Crippen molar-refractivity contribution in [3.8, 4) is 0 Å². The smallest absolute Gasteiger partial charge is 0.251 e. The van der Waals surface area contributed by atoms with Gasteiger partial charge < -0.3 is 15.5 Å². The fraction of sp³-hybridized carbons (Fsp3) is 0.267. The Morgan fingerprint density at radius 2 is 2.00 bits per heavy atom. The van der Waals surface area contributed by atoms with Crippen molar-refractivity contribution in [2.24, 2.45) is 0 Å². The summed E-state index contributed by atoms with van der Waals surface area (Å²) in [6.07, 6.45) is 0. The first kappa shape index (κ1) is 14.1. The summed E-state index contributed by atoms with van der Waals surface area (Å²) in [5.41, 5.74) is 6.86. The van der Waals surface area contributed by atoms with Crippen molar-refractivity contribution in [3.05, 3.63) is 52.7 Å². The van der Waals surface area contributed by atoms with E-state index in [0.29, 0.717) is 0 Å². The van der Waals surface area contributed by atoms with E-state index in [4.69, 9.17) is 10.2 Å². The van der Waals surface area contributed by atoms with E-state index in [-0.39, 0.29) is 23.2 Å². The molecule has 3 N–H and O–H groups in total. The quantitative estimate of drug-likeness (QED) is 0.846. The second kappa shape index (κ2) is 5.36. The number of hydrogen-bond donors (Lipinski definition) is 2. The van der Waals surface area contributed by atoms with Crippen molar-refractivity contribution in [1.82, 2.24) is 5.32 Å². The number of rotatable bonds is 3. The predicted octanol–water partition coefficient (Wildman–Crippen LogP) is 3.11. The summed E-state index contributed by atoms with van der Waals surface area (Å²) in [6, 6.07) is 5.42. The second-order valence-corrected chi connectivity index (χ2v) is 4.84. The maximum atomic E-state index is 13.2. The van der Waals surface area contributed by atoms with Gasteiger partial charge in [-0.15, -0.1) is 0 Å². The summed E-state index contributed by atoms with van der Waals surface area (Å²) >= 11 is 0. The number of amides is 1. The number of hydrogen-bond acceptors (Lipinski definition) is 3. The number of aryl methyl sites for hydroxylation is 2. The van der Waals surface area contributed by atoms with E-state index >= 15 is 0 Å². The predicted molar refractivity (Wildman–Crippen MR) is 74.9 cm³/mol. The Hall–Kier alpha value is -2.30. The Kier molecular flexibility index (Phi) is 3.79. The highest BCUT2D eigenvalue weighted by Crippen LogP contribution is 2.21. The highest BCUT2D eigenvalue weighted by molar-refractivity contribution is 5.95. The van der Waals surface area contributed by atoms with E-state index in [2.05, 4.69) is 5.32 Å². The van der Waals surface area contributed by atoms with Crippen LogP contribution in [0.4, 0.5) is 10.1 Å². The minimum Gasteiger partial charge on any atom is -0.466 e. The second-order valence-electron chi connectivity index (χ2n) is 4.84. The highest BCUT2D eigenvalue weighted by atomic mass is 19.1. The average molecular weight is 276 g/mol. The highest BCUT2D eigenvalue weighted by Gasteiger charge is 2.16. The molecule has 1 atom stereocenters. The van der Waals surface area contributed by atoms with Crippen molar-refractivity contribution in [1.29, 1.82) is 0 Å². The third-order valence-electron chi connectivity index (χ3n) is 3.08. The molecule has 0 aliphatic rings. The van der Waals surface area contributed by atoms with Crippen molar-refractivity contribution in [2.75, 3.05) is 5.73 Å². The Morgan fingerprint density at radius 1 is 1.30 bits per heavy atom. The van der Waals surface area contributed by atoms with Gasteiger partial charge >= 0.3 is 0 Å². The summed E-state index contributed by atoms with van der Waals surface area (Å²) in [7, 11) is 0. The van der Waals surface area contributed by atoms with E-state index in [1.807, 2.05) is 26.8 Å². The zero-order valence-electron chi connectivity index (χ0n) is 11.7. The van der Waals surface area contributed by atoms with Gasteiger partial charge in [-0.25, -0.2) is 4.39 Å². The van der Waals surface area contributed by atoms with Crippen LogP contribution in [0.25, 0.3) is 0 Å². The first-order chi connectivity index (χ1) is 9.36. The standard InChI is InChI=1S/C15H17FN2O2/c1-8-4-14(10(3)20-8)9(2)18-15(19)11-5-12(16)7-13(17)6-11/h4-7,9H,17H2,1-3H3,(H,18,19). The summed E-state index contributed by atoms with van der Waals surface area (Å²) in [4.78, 5) is 12.1. The number of furan rings is 1. The molecule has 0 aliphatic carbocycles. The average Bonchev–Trinajstić information content (AvgIpc) is 2.67. The van der Waals surface area contributed by atoms with Crippen LogP contribution in [0.2, 0.25) is 0 Å². The molecule has 5 heteroatoms. The maximum absolute atomic E-state index is 13.2. The van der Waals surface area contributed by atoms with Crippen LogP contribution in [0.5, 0.6) is 0 Å². The van der Waals surface area contributed by atoms with Gasteiger partial charge in [0.2, 0.25) is 0 Å². The molecule has 0 radical (unpaired) electrons. The molecular weight excluding hydrogens is 259 g/mol. The molecule has 1 aromatic heterocycles. The lowest BCUT2D eigenvalue weighted by atomic mass is 10.1. The van der Waals surface area contributed by atoms with Crippen LogP contribution in [0.15, 0.2) is 28.7 Å². The number of benzene rings is 1. The molecule has 4 nitrogen and oxygen atoms in total. The van der Waals surface area contributed by atoms with Crippen LogP contribution in [-0.2, 0) is 0 Å². The molecule has 0 spiro atoms. The van der Waals surface area contributed by atoms with Gasteiger partial charge in [-0.2, -0.15) is 0 Å². The van der Waals surface area contributed by atoms with Crippen molar-refractivity contribution < 1.29 is 13.6 Å². The zero-order chi connectivity index (χ0) is 14.9. The normalized spacial score (nSPS) is 12.2. The zero-order valence-corrected chi connectivity index (χ0v) is 11.7. The lowest BCUT2D eigenvalue weighted by Gasteiger charge is -2.13. The van der Waals surface area contributed by atoms with E-state index in [9.17, 15) is 9.18 Å². The van der Waals surface area contributed by atoms with E-state index in [1.165, 1.54) is 12.1 Å². The van der Waals surface area contributed by atoms with Gasteiger partial charge in [-0.1, -0.05) is 0 Å². The molecule has 0 saturated carbocycles. The molecule has 1 heterocycles. The van der Waals surface area contributed by atoms with Gasteiger partial charge in [0.15, 0.2) is 0 Å².